The van der Waals surface area contributed by atoms with E-state index >= 15 is 0 Å². The maximum absolute atomic E-state index is 11.3. The molecular weight excluding hydrogens is 204 g/mol. The molecule has 0 saturated carbocycles. The molecule has 0 aliphatic carbocycles. The fourth-order valence-corrected chi connectivity index (χ4v) is 2.33. The number of Topliss-reactive ketones (excluding diaryl/α,β-unsaturated/α-hetero) is 1. The van der Waals surface area contributed by atoms with Crippen molar-refractivity contribution in [3.05, 3.63) is 17.5 Å². The normalized spacial score (nSPS) is 21.5. The Balaban J connectivity index is 1.99. The van der Waals surface area contributed by atoms with Crippen LogP contribution in [-0.4, -0.2) is 35.5 Å². The molecule has 0 bridgehead atoms. The molecule has 1 saturated heterocycles. The number of likely N-dealkylation sites (tertiary alicyclic amines) is 1. The van der Waals surface area contributed by atoms with Gasteiger partial charge in [-0.05, 0) is 32.4 Å². The number of hydrogen-bond donors (Lipinski definition) is 0. The van der Waals surface area contributed by atoms with Crippen LogP contribution in [0.4, 0.5) is 0 Å². The van der Waals surface area contributed by atoms with Gasteiger partial charge in [0.05, 0.1) is 11.8 Å². The van der Waals surface area contributed by atoms with Gasteiger partial charge in [-0.15, -0.1) is 0 Å². The number of ketones is 1. The van der Waals surface area contributed by atoms with E-state index in [4.69, 9.17) is 4.52 Å². The summed E-state index contributed by atoms with van der Waals surface area (Å²) in [5.74, 6) is 1.41. The monoisotopic (exact) mass is 222 g/mol. The molecular formula is C12H18N2O2. The molecule has 1 aliphatic rings. The molecule has 4 nitrogen and oxygen atoms in total. The third-order valence-electron chi connectivity index (χ3n) is 3.32. The zero-order valence-corrected chi connectivity index (χ0v) is 9.90. The van der Waals surface area contributed by atoms with Crippen molar-refractivity contribution in [3.8, 4) is 0 Å². The third-order valence-corrected chi connectivity index (χ3v) is 3.32. The predicted molar refractivity (Wildman–Crippen MR) is 60.4 cm³/mol. The number of aromatic nitrogens is 1. The van der Waals surface area contributed by atoms with E-state index in [0.717, 1.165) is 31.8 Å². The number of carbonyl (C=O) groups excluding carboxylic acids is 1. The molecule has 1 aliphatic heterocycles. The lowest BCUT2D eigenvalue weighted by atomic mass is 10.0. The van der Waals surface area contributed by atoms with Crippen LogP contribution >= 0.6 is 0 Å². The van der Waals surface area contributed by atoms with Crippen molar-refractivity contribution in [3.63, 3.8) is 0 Å². The number of hydrogen-bond acceptors (Lipinski definition) is 4. The standard InChI is InChI=1S/C12H18N2O2/c1-3-14-5-4-10(8-14)6-12-11(9(2)15)7-13-16-12/h7,10H,3-6,8H2,1-2H3. The Hall–Kier alpha value is -1.16. The highest BCUT2D eigenvalue weighted by atomic mass is 16.5. The summed E-state index contributed by atoms with van der Waals surface area (Å²) in [6, 6.07) is 0. The predicted octanol–water partition coefficient (Wildman–Crippen LogP) is 1.76. The average molecular weight is 222 g/mol. The lowest BCUT2D eigenvalue weighted by Gasteiger charge is -2.12. The van der Waals surface area contributed by atoms with Gasteiger partial charge in [-0.3, -0.25) is 4.79 Å². The van der Waals surface area contributed by atoms with Gasteiger partial charge in [0.2, 0.25) is 0 Å². The Morgan fingerprint density at radius 1 is 1.69 bits per heavy atom. The molecule has 1 unspecified atom stereocenters. The van der Waals surface area contributed by atoms with Crippen molar-refractivity contribution in [1.29, 1.82) is 0 Å². The van der Waals surface area contributed by atoms with Gasteiger partial charge < -0.3 is 9.42 Å². The lowest BCUT2D eigenvalue weighted by molar-refractivity contribution is 0.101. The summed E-state index contributed by atoms with van der Waals surface area (Å²) in [6.07, 6.45) is 3.56. The van der Waals surface area contributed by atoms with Crippen molar-refractivity contribution in [2.45, 2.75) is 26.7 Å². The van der Waals surface area contributed by atoms with Gasteiger partial charge in [0.25, 0.3) is 0 Å². The fourth-order valence-electron chi connectivity index (χ4n) is 2.33. The second-order valence-electron chi connectivity index (χ2n) is 4.47. The average Bonchev–Trinajstić information content (AvgIpc) is 2.87. The molecule has 1 fully saturated rings. The van der Waals surface area contributed by atoms with E-state index in [9.17, 15) is 4.79 Å². The zero-order valence-electron chi connectivity index (χ0n) is 9.90. The highest BCUT2D eigenvalue weighted by molar-refractivity contribution is 5.94. The molecule has 1 aromatic rings. The molecule has 0 N–H and O–H groups in total. The number of nitrogens with zero attached hydrogens (tertiary/aromatic N) is 2. The van der Waals surface area contributed by atoms with Crippen LogP contribution in [0.2, 0.25) is 0 Å². The molecule has 0 aromatic carbocycles. The number of rotatable bonds is 4. The SMILES string of the molecule is CCN1CCC(Cc2oncc2C(C)=O)C1. The van der Waals surface area contributed by atoms with Gasteiger partial charge in [0.15, 0.2) is 5.78 Å². The molecule has 2 heterocycles. The first kappa shape index (κ1) is 11.3. The Kier molecular flexibility index (Phi) is 3.39. The molecule has 1 atom stereocenters. The van der Waals surface area contributed by atoms with E-state index in [2.05, 4.69) is 17.0 Å². The van der Waals surface area contributed by atoms with Crippen LogP contribution in [0.25, 0.3) is 0 Å². The van der Waals surface area contributed by atoms with E-state index in [0.29, 0.717) is 11.5 Å². The molecule has 88 valence electrons. The maximum Gasteiger partial charge on any atom is 0.164 e. The molecule has 2 rings (SSSR count). The molecule has 1 aromatic heterocycles. The fraction of sp³-hybridized carbons (Fsp3) is 0.667. The summed E-state index contributed by atoms with van der Waals surface area (Å²) in [4.78, 5) is 13.7. The van der Waals surface area contributed by atoms with Crippen LogP contribution in [0.3, 0.4) is 0 Å². The topological polar surface area (TPSA) is 46.3 Å². The Labute approximate surface area is 95.6 Å². The summed E-state index contributed by atoms with van der Waals surface area (Å²) < 4.78 is 5.17. The van der Waals surface area contributed by atoms with Crippen LogP contribution in [0.1, 0.15) is 36.4 Å². The van der Waals surface area contributed by atoms with Crippen LogP contribution in [0.5, 0.6) is 0 Å². The summed E-state index contributed by atoms with van der Waals surface area (Å²) in [5.41, 5.74) is 0.648. The first-order valence-corrected chi connectivity index (χ1v) is 5.87. The molecule has 0 radical (unpaired) electrons. The molecule has 16 heavy (non-hydrogen) atoms. The highest BCUT2D eigenvalue weighted by Crippen LogP contribution is 2.22. The van der Waals surface area contributed by atoms with Crippen molar-refractivity contribution in [2.75, 3.05) is 19.6 Å². The van der Waals surface area contributed by atoms with Crippen LogP contribution in [0, 0.1) is 5.92 Å². The van der Waals surface area contributed by atoms with Gasteiger partial charge in [0.1, 0.15) is 5.76 Å². The van der Waals surface area contributed by atoms with E-state index in [1.54, 1.807) is 6.92 Å². The van der Waals surface area contributed by atoms with Gasteiger partial charge in [0, 0.05) is 13.0 Å². The smallest absolute Gasteiger partial charge is 0.164 e. The second-order valence-corrected chi connectivity index (χ2v) is 4.47. The van der Waals surface area contributed by atoms with E-state index in [1.165, 1.54) is 12.6 Å². The quantitative estimate of drug-likeness (QED) is 0.728. The first-order chi connectivity index (χ1) is 7.70. The van der Waals surface area contributed by atoms with Gasteiger partial charge >= 0.3 is 0 Å². The van der Waals surface area contributed by atoms with Gasteiger partial charge in [-0.2, -0.15) is 0 Å². The highest BCUT2D eigenvalue weighted by Gasteiger charge is 2.24. The molecule has 0 spiro atoms. The summed E-state index contributed by atoms with van der Waals surface area (Å²) in [6.45, 7) is 7.10. The minimum atomic E-state index is 0.0431. The zero-order chi connectivity index (χ0) is 11.5. The van der Waals surface area contributed by atoms with Crippen molar-refractivity contribution < 1.29 is 9.32 Å². The van der Waals surface area contributed by atoms with Crippen LogP contribution < -0.4 is 0 Å². The van der Waals surface area contributed by atoms with E-state index in [-0.39, 0.29) is 5.78 Å². The van der Waals surface area contributed by atoms with Gasteiger partial charge in [-0.25, -0.2) is 0 Å². The largest absolute Gasteiger partial charge is 0.361 e. The summed E-state index contributed by atoms with van der Waals surface area (Å²) in [5, 5.41) is 3.72. The van der Waals surface area contributed by atoms with E-state index in [1.807, 2.05) is 0 Å². The van der Waals surface area contributed by atoms with Crippen molar-refractivity contribution in [2.24, 2.45) is 5.92 Å². The van der Waals surface area contributed by atoms with Crippen molar-refractivity contribution >= 4 is 5.78 Å². The Morgan fingerprint density at radius 3 is 3.12 bits per heavy atom. The van der Waals surface area contributed by atoms with E-state index < -0.39 is 0 Å². The molecule has 0 amide bonds. The Morgan fingerprint density at radius 2 is 2.50 bits per heavy atom. The minimum Gasteiger partial charge on any atom is -0.361 e. The Bertz CT molecular complexity index is 373. The van der Waals surface area contributed by atoms with Crippen LogP contribution in [-0.2, 0) is 6.42 Å². The van der Waals surface area contributed by atoms with Gasteiger partial charge in [-0.1, -0.05) is 12.1 Å². The maximum atomic E-state index is 11.3. The van der Waals surface area contributed by atoms with Crippen LogP contribution in [0.15, 0.2) is 10.7 Å². The summed E-state index contributed by atoms with van der Waals surface area (Å²) in [7, 11) is 0. The van der Waals surface area contributed by atoms with Crippen molar-refractivity contribution in [1.82, 2.24) is 10.1 Å². The first-order valence-electron chi connectivity index (χ1n) is 5.87. The minimum absolute atomic E-state index is 0.0431. The third kappa shape index (κ3) is 2.32. The second kappa shape index (κ2) is 4.78. The number of carbonyl (C=O) groups is 1. The lowest BCUT2D eigenvalue weighted by Crippen LogP contribution is -2.20. The summed E-state index contributed by atoms with van der Waals surface area (Å²) >= 11 is 0. The molecule has 4 heteroatoms.